The molecule has 14 heavy (non-hydrogen) atoms. The molecule has 0 amide bonds. The van der Waals surface area contributed by atoms with Gasteiger partial charge in [0, 0.05) is 0 Å². The lowest BCUT2D eigenvalue weighted by Gasteiger charge is -2.37. The van der Waals surface area contributed by atoms with Crippen molar-refractivity contribution in [2.75, 3.05) is 0 Å². The average Bonchev–Trinajstić information content (AvgIpc) is 2.01. The molecule has 0 aromatic carbocycles. The highest BCUT2D eigenvalue weighted by atomic mass is 28.4. The second-order valence-corrected chi connectivity index (χ2v) is 9.75. The molecule has 1 nitrogen and oxygen atoms in total. The van der Waals surface area contributed by atoms with Crippen molar-refractivity contribution in [2.24, 2.45) is 0 Å². The van der Waals surface area contributed by atoms with Crippen LogP contribution in [0.25, 0.3) is 0 Å². The predicted octanol–water partition coefficient (Wildman–Crippen LogP) is 3.59. The van der Waals surface area contributed by atoms with E-state index in [1.165, 1.54) is 0 Å². The van der Waals surface area contributed by atoms with Gasteiger partial charge in [-0.15, -0.1) is 6.42 Å². The van der Waals surface area contributed by atoms with Crippen LogP contribution >= 0.6 is 0 Å². The maximum atomic E-state index is 6.01. The molecule has 0 saturated carbocycles. The molecule has 1 atom stereocenters. The summed E-state index contributed by atoms with van der Waals surface area (Å²) < 4.78 is 6.01. The zero-order valence-corrected chi connectivity index (χ0v) is 11.2. The first-order valence-electron chi connectivity index (χ1n) is 5.01. The highest BCUT2D eigenvalue weighted by molar-refractivity contribution is 6.74. The van der Waals surface area contributed by atoms with Gasteiger partial charge in [-0.25, -0.2) is 0 Å². The van der Waals surface area contributed by atoms with Gasteiger partial charge >= 0.3 is 0 Å². The quantitative estimate of drug-likeness (QED) is 0.393. The van der Waals surface area contributed by atoms with Crippen LogP contribution in [0.1, 0.15) is 27.7 Å². The van der Waals surface area contributed by atoms with Crippen LogP contribution in [0.2, 0.25) is 18.1 Å². The summed E-state index contributed by atoms with van der Waals surface area (Å²) in [6, 6.07) is 0. The van der Waals surface area contributed by atoms with E-state index < -0.39 is 8.32 Å². The first kappa shape index (κ1) is 13.5. The normalized spacial score (nSPS) is 15.5. The molecule has 0 saturated heterocycles. The number of hydrogen-bond acceptors (Lipinski definition) is 1. The van der Waals surface area contributed by atoms with Crippen molar-refractivity contribution in [3.63, 3.8) is 0 Å². The first-order valence-corrected chi connectivity index (χ1v) is 7.92. The lowest BCUT2D eigenvalue weighted by Crippen LogP contribution is -2.43. The van der Waals surface area contributed by atoms with Crippen LogP contribution in [0, 0.1) is 12.3 Å². The molecule has 0 aromatic rings. The zero-order valence-electron chi connectivity index (χ0n) is 10.2. The summed E-state index contributed by atoms with van der Waals surface area (Å²) in [5.41, 5.74) is 0. The summed E-state index contributed by atoms with van der Waals surface area (Å²) in [7, 11) is -1.72. The second kappa shape index (κ2) is 4.81. The fourth-order valence-corrected chi connectivity index (χ4v) is 1.93. The van der Waals surface area contributed by atoms with Crippen LogP contribution in [-0.2, 0) is 4.43 Å². The van der Waals surface area contributed by atoms with Gasteiger partial charge in [0.2, 0.25) is 0 Å². The number of hydrogen-bond donors (Lipinski definition) is 0. The van der Waals surface area contributed by atoms with E-state index in [1.54, 1.807) is 0 Å². The van der Waals surface area contributed by atoms with Gasteiger partial charge in [-0.05, 0) is 31.1 Å². The summed E-state index contributed by atoms with van der Waals surface area (Å²) >= 11 is 0. The molecule has 0 radical (unpaired) electrons. The van der Waals surface area contributed by atoms with E-state index in [-0.39, 0.29) is 11.1 Å². The molecular weight excluding hydrogens is 188 g/mol. The topological polar surface area (TPSA) is 9.23 Å². The minimum atomic E-state index is -1.72. The van der Waals surface area contributed by atoms with Gasteiger partial charge in [-0.1, -0.05) is 32.8 Å². The molecule has 0 heterocycles. The zero-order chi connectivity index (χ0) is 11.4. The Hall–Kier alpha value is -0.523. The molecule has 1 unspecified atom stereocenters. The third-order valence-electron chi connectivity index (χ3n) is 2.76. The van der Waals surface area contributed by atoms with Crippen LogP contribution in [0.3, 0.4) is 0 Å². The summed E-state index contributed by atoms with van der Waals surface area (Å²) in [6.45, 7) is 13.0. The second-order valence-electron chi connectivity index (χ2n) is 4.99. The van der Waals surface area contributed by atoms with Gasteiger partial charge in [-0.3, -0.25) is 0 Å². The largest absolute Gasteiger partial charge is 0.400 e. The van der Waals surface area contributed by atoms with E-state index in [9.17, 15) is 0 Å². The summed E-state index contributed by atoms with van der Waals surface area (Å²) in [5.74, 6) is 2.66. The van der Waals surface area contributed by atoms with Crippen molar-refractivity contribution < 1.29 is 4.43 Å². The molecule has 2 heteroatoms. The lowest BCUT2D eigenvalue weighted by atomic mass is 10.2. The van der Waals surface area contributed by atoms with E-state index >= 15 is 0 Å². The maximum Gasteiger partial charge on any atom is 0.194 e. The van der Waals surface area contributed by atoms with Gasteiger partial charge in [0.1, 0.15) is 6.10 Å². The molecule has 0 N–H and O–H groups in total. The molecule has 0 aliphatic heterocycles. The lowest BCUT2D eigenvalue weighted by molar-refractivity contribution is 0.275. The van der Waals surface area contributed by atoms with Crippen molar-refractivity contribution in [3.05, 3.63) is 12.2 Å². The van der Waals surface area contributed by atoms with Crippen molar-refractivity contribution >= 4 is 8.32 Å². The summed E-state index contributed by atoms with van der Waals surface area (Å²) in [6.07, 6.45) is 9.11. The van der Waals surface area contributed by atoms with E-state index in [2.05, 4.69) is 39.8 Å². The summed E-state index contributed by atoms with van der Waals surface area (Å²) in [5, 5.41) is 0.212. The molecule has 0 fully saturated rings. The fourth-order valence-electron chi connectivity index (χ4n) is 0.798. The van der Waals surface area contributed by atoms with Crippen LogP contribution in [0.5, 0.6) is 0 Å². The molecule has 0 aromatic heterocycles. The van der Waals surface area contributed by atoms with Gasteiger partial charge in [0.25, 0.3) is 0 Å². The molecule has 0 aliphatic carbocycles. The van der Waals surface area contributed by atoms with Crippen LogP contribution in [-0.4, -0.2) is 14.4 Å². The number of rotatable bonds is 3. The van der Waals surface area contributed by atoms with Crippen molar-refractivity contribution in [2.45, 2.75) is 51.9 Å². The van der Waals surface area contributed by atoms with Gasteiger partial charge in [0.05, 0.1) is 0 Å². The fraction of sp³-hybridized carbons (Fsp3) is 0.667. The standard InChI is InChI=1S/C12H22OSi/c1-8-10-11(9-2)13-14(6,7)12(3,4)5/h2,8,10-11H,1,3-7H3/b10-8-. The molecule has 80 valence electrons. The van der Waals surface area contributed by atoms with E-state index in [0.29, 0.717) is 0 Å². The Morgan fingerprint density at radius 1 is 1.36 bits per heavy atom. The monoisotopic (exact) mass is 210 g/mol. The van der Waals surface area contributed by atoms with Crippen molar-refractivity contribution in [1.82, 2.24) is 0 Å². The van der Waals surface area contributed by atoms with E-state index in [0.717, 1.165) is 0 Å². The Balaban J connectivity index is 4.58. The minimum Gasteiger partial charge on any atom is -0.400 e. The van der Waals surface area contributed by atoms with E-state index in [4.69, 9.17) is 10.8 Å². The Kier molecular flexibility index (Phi) is 4.63. The number of terminal acetylenes is 1. The van der Waals surface area contributed by atoms with Crippen molar-refractivity contribution in [3.8, 4) is 12.3 Å². The van der Waals surface area contributed by atoms with Gasteiger partial charge < -0.3 is 4.43 Å². The summed E-state index contributed by atoms with van der Waals surface area (Å²) in [4.78, 5) is 0. The smallest absolute Gasteiger partial charge is 0.194 e. The van der Waals surface area contributed by atoms with Gasteiger partial charge in [0.15, 0.2) is 8.32 Å². The Labute approximate surface area is 89.7 Å². The molecule has 0 bridgehead atoms. The molecule has 0 aliphatic rings. The number of allylic oxidation sites excluding steroid dienone is 1. The predicted molar refractivity (Wildman–Crippen MR) is 65.7 cm³/mol. The van der Waals surface area contributed by atoms with Crippen molar-refractivity contribution in [1.29, 1.82) is 0 Å². The SMILES string of the molecule is C#CC(/C=C\C)O[Si](C)(C)C(C)(C)C. The van der Waals surface area contributed by atoms with Gasteiger partial charge in [-0.2, -0.15) is 0 Å². The third kappa shape index (κ3) is 3.69. The third-order valence-corrected chi connectivity index (χ3v) is 7.21. The Morgan fingerprint density at radius 2 is 1.86 bits per heavy atom. The molecular formula is C12H22OSi. The minimum absolute atomic E-state index is 0.166. The molecule has 0 spiro atoms. The van der Waals surface area contributed by atoms with Crippen LogP contribution < -0.4 is 0 Å². The van der Waals surface area contributed by atoms with Crippen LogP contribution in [0.4, 0.5) is 0 Å². The Morgan fingerprint density at radius 3 is 2.14 bits per heavy atom. The molecule has 0 rings (SSSR count). The van der Waals surface area contributed by atoms with E-state index in [1.807, 2.05) is 19.1 Å². The Bertz CT molecular complexity index is 240. The highest BCUT2D eigenvalue weighted by Crippen LogP contribution is 2.37. The average molecular weight is 210 g/mol. The maximum absolute atomic E-state index is 6.01. The highest BCUT2D eigenvalue weighted by Gasteiger charge is 2.38. The van der Waals surface area contributed by atoms with Crippen LogP contribution in [0.15, 0.2) is 12.2 Å². The first-order chi connectivity index (χ1) is 6.24.